The Morgan fingerprint density at radius 3 is 2.57 bits per heavy atom. The summed E-state index contributed by atoms with van der Waals surface area (Å²) in [7, 11) is 0. The number of halogens is 3. The molecule has 1 amide bonds. The Hall–Kier alpha value is -2.53. The number of hydrogen-bond acceptors (Lipinski definition) is 3. The van der Waals surface area contributed by atoms with E-state index in [0.29, 0.717) is 37.8 Å². The van der Waals surface area contributed by atoms with Gasteiger partial charge < -0.3 is 9.73 Å². The fourth-order valence-corrected chi connectivity index (χ4v) is 3.32. The molecule has 0 bridgehead atoms. The number of hydrogen-bond donors (Lipinski definition) is 1. The summed E-state index contributed by atoms with van der Waals surface area (Å²) in [6, 6.07) is 15.6. The van der Waals surface area contributed by atoms with Crippen molar-refractivity contribution in [3.05, 3.63) is 80.8 Å². The second-order valence-electron chi connectivity index (χ2n) is 6.26. The van der Waals surface area contributed by atoms with E-state index in [-0.39, 0.29) is 5.56 Å². The van der Waals surface area contributed by atoms with Crippen LogP contribution in [0, 0.1) is 6.92 Å². The van der Waals surface area contributed by atoms with Gasteiger partial charge >= 0.3 is 0 Å². The minimum absolute atomic E-state index is 0.257. The van der Waals surface area contributed by atoms with Crippen molar-refractivity contribution in [2.24, 2.45) is 0 Å². The number of rotatable bonds is 3. The average Bonchev–Trinajstić information content (AvgIpc) is 3.08. The topological polar surface area (TPSA) is 55.1 Å². The van der Waals surface area contributed by atoms with Gasteiger partial charge in [-0.05, 0) is 61.0 Å². The van der Waals surface area contributed by atoms with Crippen molar-refractivity contribution in [1.29, 1.82) is 0 Å². The van der Waals surface area contributed by atoms with Gasteiger partial charge in [0.25, 0.3) is 5.91 Å². The molecule has 0 saturated carbocycles. The van der Waals surface area contributed by atoms with Crippen molar-refractivity contribution in [2.75, 3.05) is 5.32 Å². The largest absolute Gasteiger partial charge is 0.436 e. The Morgan fingerprint density at radius 1 is 0.964 bits per heavy atom. The summed E-state index contributed by atoms with van der Waals surface area (Å²) in [4.78, 5) is 17.1. The first-order valence-electron chi connectivity index (χ1n) is 8.34. The monoisotopic (exact) mass is 430 g/mol. The number of nitrogens with zero attached hydrogens (tertiary/aromatic N) is 1. The normalized spacial score (nSPS) is 11.0. The second kappa shape index (κ2) is 7.47. The lowest BCUT2D eigenvalue weighted by atomic mass is 10.1. The molecule has 0 radical (unpaired) electrons. The third-order valence-corrected chi connectivity index (χ3v) is 5.07. The van der Waals surface area contributed by atoms with Crippen LogP contribution in [-0.2, 0) is 0 Å². The molecule has 0 unspecified atom stereocenters. The minimum Gasteiger partial charge on any atom is -0.436 e. The third-order valence-electron chi connectivity index (χ3n) is 4.18. The molecule has 1 aromatic heterocycles. The Bertz CT molecular complexity index is 1220. The first kappa shape index (κ1) is 18.8. The summed E-state index contributed by atoms with van der Waals surface area (Å²) >= 11 is 18.3. The van der Waals surface area contributed by atoms with Gasteiger partial charge in [0.15, 0.2) is 5.58 Å². The van der Waals surface area contributed by atoms with Crippen LogP contribution < -0.4 is 5.32 Å². The van der Waals surface area contributed by atoms with Gasteiger partial charge in [0.2, 0.25) is 5.89 Å². The Morgan fingerprint density at radius 2 is 1.75 bits per heavy atom. The van der Waals surface area contributed by atoms with Crippen LogP contribution in [0.15, 0.2) is 59.0 Å². The van der Waals surface area contributed by atoms with Crippen LogP contribution >= 0.6 is 34.8 Å². The van der Waals surface area contributed by atoms with Crippen molar-refractivity contribution in [3.8, 4) is 11.5 Å². The molecule has 0 aliphatic carbocycles. The number of nitrogens with one attached hydrogen (secondary N) is 1. The molecule has 0 fully saturated rings. The number of fused-ring (bicyclic) bond motifs is 1. The molecule has 28 heavy (non-hydrogen) atoms. The zero-order valence-electron chi connectivity index (χ0n) is 14.6. The highest BCUT2D eigenvalue weighted by Gasteiger charge is 2.15. The van der Waals surface area contributed by atoms with E-state index >= 15 is 0 Å². The lowest BCUT2D eigenvalue weighted by Crippen LogP contribution is -2.13. The summed E-state index contributed by atoms with van der Waals surface area (Å²) < 4.78 is 5.82. The lowest BCUT2D eigenvalue weighted by molar-refractivity contribution is 0.102. The highest BCUT2D eigenvalue weighted by Crippen LogP contribution is 2.31. The van der Waals surface area contributed by atoms with Crippen molar-refractivity contribution in [1.82, 2.24) is 4.98 Å². The van der Waals surface area contributed by atoms with Crippen LogP contribution in [0.25, 0.3) is 22.6 Å². The maximum Gasteiger partial charge on any atom is 0.257 e. The number of amides is 1. The van der Waals surface area contributed by atoms with E-state index in [1.807, 2.05) is 25.1 Å². The van der Waals surface area contributed by atoms with Crippen LogP contribution in [-0.4, -0.2) is 10.9 Å². The number of anilines is 1. The van der Waals surface area contributed by atoms with Crippen molar-refractivity contribution >= 4 is 57.5 Å². The summed E-state index contributed by atoms with van der Waals surface area (Å²) in [5.74, 6) is 0.0216. The molecular formula is C21H13Cl3N2O2. The van der Waals surface area contributed by atoms with Gasteiger partial charge in [-0.15, -0.1) is 0 Å². The maximum absolute atomic E-state index is 12.6. The molecule has 0 aliphatic rings. The van der Waals surface area contributed by atoms with E-state index in [4.69, 9.17) is 39.2 Å². The second-order valence-corrected chi connectivity index (χ2v) is 7.51. The highest BCUT2D eigenvalue weighted by atomic mass is 35.5. The maximum atomic E-state index is 12.6. The lowest BCUT2D eigenvalue weighted by Gasteiger charge is -2.10. The molecule has 4 aromatic rings. The minimum atomic E-state index is -0.417. The summed E-state index contributed by atoms with van der Waals surface area (Å²) in [5.41, 5.74) is 3.90. The standard InChI is InChI=1S/C21H13Cl3N2O2/c1-11-2-7-19-18(8-11)26-21(28-19)12-3-5-16(24)17(9-12)25-20(27)14-10-13(22)4-6-15(14)23/h2-10H,1H3,(H,25,27). The van der Waals surface area contributed by atoms with E-state index < -0.39 is 5.91 Å². The van der Waals surface area contributed by atoms with Crippen LogP contribution in [0.3, 0.4) is 0 Å². The van der Waals surface area contributed by atoms with Gasteiger partial charge in [-0.1, -0.05) is 40.9 Å². The molecule has 4 nitrogen and oxygen atoms in total. The number of aromatic nitrogens is 1. The van der Waals surface area contributed by atoms with Gasteiger partial charge in [-0.2, -0.15) is 0 Å². The van der Waals surface area contributed by atoms with E-state index in [2.05, 4.69) is 10.3 Å². The molecule has 1 heterocycles. The molecule has 3 aromatic carbocycles. The molecule has 4 rings (SSSR count). The fourth-order valence-electron chi connectivity index (χ4n) is 2.78. The predicted octanol–water partition coefficient (Wildman–Crippen LogP) is 7.02. The molecule has 140 valence electrons. The van der Waals surface area contributed by atoms with Crippen molar-refractivity contribution in [3.63, 3.8) is 0 Å². The van der Waals surface area contributed by atoms with E-state index in [9.17, 15) is 4.79 Å². The molecular weight excluding hydrogens is 419 g/mol. The van der Waals surface area contributed by atoms with Crippen LogP contribution in [0.1, 0.15) is 15.9 Å². The van der Waals surface area contributed by atoms with Crippen LogP contribution in [0.5, 0.6) is 0 Å². The van der Waals surface area contributed by atoms with E-state index in [0.717, 1.165) is 11.1 Å². The fraction of sp³-hybridized carbons (Fsp3) is 0.0476. The molecule has 0 aliphatic heterocycles. The SMILES string of the molecule is Cc1ccc2oc(-c3ccc(Cl)c(NC(=O)c4cc(Cl)ccc4Cl)c3)nc2c1. The van der Waals surface area contributed by atoms with Gasteiger partial charge in [0, 0.05) is 10.6 Å². The number of aryl methyl sites for hydroxylation is 1. The summed E-state index contributed by atoms with van der Waals surface area (Å²) in [6.07, 6.45) is 0. The van der Waals surface area contributed by atoms with Crippen molar-refractivity contribution < 1.29 is 9.21 Å². The number of carbonyl (C=O) groups excluding carboxylic acids is 1. The highest BCUT2D eigenvalue weighted by molar-refractivity contribution is 6.37. The Labute approximate surface area is 176 Å². The molecule has 0 spiro atoms. The van der Waals surface area contributed by atoms with E-state index in [1.54, 1.807) is 30.3 Å². The molecule has 0 saturated heterocycles. The zero-order valence-corrected chi connectivity index (χ0v) is 16.9. The van der Waals surface area contributed by atoms with E-state index in [1.165, 1.54) is 6.07 Å². The average molecular weight is 432 g/mol. The van der Waals surface area contributed by atoms with Gasteiger partial charge in [0.1, 0.15) is 5.52 Å². The quantitative estimate of drug-likeness (QED) is 0.379. The Balaban J connectivity index is 1.68. The number of carbonyl (C=O) groups is 1. The zero-order chi connectivity index (χ0) is 19.8. The first-order valence-corrected chi connectivity index (χ1v) is 9.47. The van der Waals surface area contributed by atoms with Gasteiger partial charge in [-0.25, -0.2) is 4.98 Å². The first-order chi connectivity index (χ1) is 13.4. The van der Waals surface area contributed by atoms with Crippen molar-refractivity contribution in [2.45, 2.75) is 6.92 Å². The van der Waals surface area contributed by atoms with Crippen LogP contribution in [0.2, 0.25) is 15.1 Å². The summed E-state index contributed by atoms with van der Waals surface area (Å²) in [6.45, 7) is 1.99. The molecule has 1 N–H and O–H groups in total. The number of oxazole rings is 1. The molecule has 0 atom stereocenters. The number of benzene rings is 3. The van der Waals surface area contributed by atoms with Gasteiger partial charge in [0.05, 0.1) is 21.3 Å². The Kier molecular flexibility index (Phi) is 5.02. The van der Waals surface area contributed by atoms with Crippen LogP contribution in [0.4, 0.5) is 5.69 Å². The smallest absolute Gasteiger partial charge is 0.257 e. The third kappa shape index (κ3) is 3.72. The molecule has 7 heteroatoms. The summed E-state index contributed by atoms with van der Waals surface area (Å²) in [5, 5.41) is 3.85. The van der Waals surface area contributed by atoms with Gasteiger partial charge in [-0.3, -0.25) is 4.79 Å². The predicted molar refractivity (Wildman–Crippen MR) is 114 cm³/mol.